The second-order valence-corrected chi connectivity index (χ2v) is 5.59. The fourth-order valence-corrected chi connectivity index (χ4v) is 2.83. The number of methoxy groups -OCH3 is 1. The highest BCUT2D eigenvalue weighted by Gasteiger charge is 2.16. The maximum Gasteiger partial charge on any atom is 0.339 e. The lowest BCUT2D eigenvalue weighted by Crippen LogP contribution is -2.20. The van der Waals surface area contributed by atoms with Crippen LogP contribution in [0, 0.1) is 0 Å². The highest BCUT2D eigenvalue weighted by molar-refractivity contribution is 6.01. The van der Waals surface area contributed by atoms with Crippen molar-refractivity contribution in [3.05, 3.63) is 47.3 Å². The predicted molar refractivity (Wildman–Crippen MR) is 85.3 cm³/mol. The first-order valence-corrected chi connectivity index (χ1v) is 7.70. The van der Waals surface area contributed by atoms with E-state index in [1.807, 2.05) is 6.20 Å². The van der Waals surface area contributed by atoms with E-state index >= 15 is 0 Å². The van der Waals surface area contributed by atoms with E-state index in [1.165, 1.54) is 19.1 Å². The van der Waals surface area contributed by atoms with Gasteiger partial charge in [-0.25, -0.2) is 4.79 Å². The molecular formula is C17H19N3O3. The van der Waals surface area contributed by atoms with Crippen LogP contribution in [0.25, 0.3) is 0 Å². The largest absolute Gasteiger partial charge is 0.465 e. The van der Waals surface area contributed by atoms with Crippen molar-refractivity contribution in [2.45, 2.75) is 32.2 Å². The van der Waals surface area contributed by atoms with E-state index in [2.05, 4.69) is 10.4 Å². The van der Waals surface area contributed by atoms with Gasteiger partial charge < -0.3 is 10.1 Å². The lowest BCUT2D eigenvalue weighted by molar-refractivity contribution is -0.116. The summed E-state index contributed by atoms with van der Waals surface area (Å²) in [5, 5.41) is 7.22. The summed E-state index contributed by atoms with van der Waals surface area (Å²) in [6, 6.07) is 6.78. The summed E-state index contributed by atoms with van der Waals surface area (Å²) in [5.41, 5.74) is 3.11. The van der Waals surface area contributed by atoms with Crippen molar-refractivity contribution in [1.29, 1.82) is 0 Å². The highest BCUT2D eigenvalue weighted by atomic mass is 16.5. The van der Waals surface area contributed by atoms with Crippen molar-refractivity contribution in [3.63, 3.8) is 0 Å². The maximum absolute atomic E-state index is 12.2. The Morgan fingerprint density at radius 2 is 2.04 bits per heavy atom. The van der Waals surface area contributed by atoms with Gasteiger partial charge in [0, 0.05) is 6.20 Å². The molecule has 0 unspecified atom stereocenters. The lowest BCUT2D eigenvalue weighted by Gasteiger charge is -2.09. The summed E-state index contributed by atoms with van der Waals surface area (Å²) in [7, 11) is 1.31. The van der Waals surface area contributed by atoms with Gasteiger partial charge in [-0.05, 0) is 43.4 Å². The first-order valence-electron chi connectivity index (χ1n) is 7.70. The molecular weight excluding hydrogens is 294 g/mol. The SMILES string of the molecule is COC(=O)c1ccccc1NC(=O)Cn1cc2c(n1)CCCC2. The van der Waals surface area contributed by atoms with Crippen LogP contribution in [0.2, 0.25) is 0 Å². The number of esters is 1. The summed E-state index contributed by atoms with van der Waals surface area (Å²) < 4.78 is 6.40. The number of carbonyl (C=O) groups is 2. The van der Waals surface area contributed by atoms with Gasteiger partial charge in [0.05, 0.1) is 24.1 Å². The molecule has 1 aromatic carbocycles. The van der Waals surface area contributed by atoms with Crippen LogP contribution in [-0.2, 0) is 28.9 Å². The average Bonchev–Trinajstić information content (AvgIpc) is 2.96. The summed E-state index contributed by atoms with van der Waals surface area (Å²) in [5.74, 6) is -0.698. The van der Waals surface area contributed by atoms with Crippen LogP contribution in [0.15, 0.2) is 30.5 Å². The van der Waals surface area contributed by atoms with Crippen molar-refractivity contribution < 1.29 is 14.3 Å². The minimum atomic E-state index is -0.476. The zero-order valence-corrected chi connectivity index (χ0v) is 13.0. The fourth-order valence-electron chi connectivity index (χ4n) is 2.83. The molecule has 0 fully saturated rings. The van der Waals surface area contributed by atoms with E-state index in [9.17, 15) is 9.59 Å². The molecule has 0 bridgehead atoms. The third-order valence-corrected chi connectivity index (χ3v) is 3.95. The average molecular weight is 313 g/mol. The highest BCUT2D eigenvalue weighted by Crippen LogP contribution is 2.20. The monoisotopic (exact) mass is 313 g/mol. The molecule has 0 atom stereocenters. The molecule has 0 spiro atoms. The van der Waals surface area contributed by atoms with Gasteiger partial charge >= 0.3 is 5.97 Å². The standard InChI is InChI=1S/C17H19N3O3/c1-23-17(22)13-7-3-5-9-15(13)18-16(21)11-20-10-12-6-2-4-8-14(12)19-20/h3,5,7,9-10H,2,4,6,8,11H2,1H3,(H,18,21). The number of nitrogens with one attached hydrogen (secondary N) is 1. The predicted octanol–water partition coefficient (Wildman–Crippen LogP) is 2.19. The van der Waals surface area contributed by atoms with Crippen molar-refractivity contribution >= 4 is 17.6 Å². The molecule has 6 nitrogen and oxygen atoms in total. The fraction of sp³-hybridized carbons (Fsp3) is 0.353. The van der Waals surface area contributed by atoms with Gasteiger partial charge in [-0.15, -0.1) is 0 Å². The second kappa shape index (κ2) is 6.64. The summed E-state index contributed by atoms with van der Waals surface area (Å²) in [4.78, 5) is 23.9. The Labute approximate surface area is 134 Å². The quantitative estimate of drug-likeness (QED) is 0.878. The van der Waals surface area contributed by atoms with E-state index in [0.717, 1.165) is 25.0 Å². The van der Waals surface area contributed by atoms with E-state index in [4.69, 9.17) is 4.74 Å². The number of aryl methyl sites for hydroxylation is 2. The summed E-state index contributed by atoms with van der Waals surface area (Å²) in [6.07, 6.45) is 6.29. The van der Waals surface area contributed by atoms with Crippen LogP contribution < -0.4 is 5.32 Å². The first-order chi connectivity index (χ1) is 11.2. The summed E-state index contributed by atoms with van der Waals surface area (Å²) in [6.45, 7) is 0.127. The molecule has 1 N–H and O–H groups in total. The molecule has 23 heavy (non-hydrogen) atoms. The Morgan fingerprint density at radius 3 is 2.83 bits per heavy atom. The number of anilines is 1. The van der Waals surface area contributed by atoms with E-state index in [1.54, 1.807) is 28.9 Å². The Bertz CT molecular complexity index is 713. The third kappa shape index (κ3) is 3.41. The van der Waals surface area contributed by atoms with Crippen molar-refractivity contribution in [2.24, 2.45) is 0 Å². The Balaban J connectivity index is 1.70. The van der Waals surface area contributed by atoms with Gasteiger partial charge in [-0.2, -0.15) is 5.10 Å². The molecule has 0 saturated carbocycles. The van der Waals surface area contributed by atoms with Crippen LogP contribution in [0.4, 0.5) is 5.69 Å². The second-order valence-electron chi connectivity index (χ2n) is 5.59. The molecule has 6 heteroatoms. The number of hydrogen-bond donors (Lipinski definition) is 1. The van der Waals surface area contributed by atoms with Gasteiger partial charge in [-0.3, -0.25) is 9.48 Å². The molecule has 3 rings (SSSR count). The maximum atomic E-state index is 12.2. The molecule has 0 radical (unpaired) electrons. The molecule has 1 aromatic heterocycles. The van der Waals surface area contributed by atoms with E-state index < -0.39 is 5.97 Å². The number of nitrogens with zero attached hydrogens (tertiary/aromatic N) is 2. The molecule has 1 aliphatic rings. The zero-order valence-electron chi connectivity index (χ0n) is 13.0. The smallest absolute Gasteiger partial charge is 0.339 e. The van der Waals surface area contributed by atoms with Gasteiger partial charge in [0.25, 0.3) is 0 Å². The molecule has 1 amide bonds. The van der Waals surface area contributed by atoms with E-state index in [0.29, 0.717) is 11.3 Å². The minimum absolute atomic E-state index is 0.127. The molecule has 1 aliphatic carbocycles. The Hall–Kier alpha value is -2.63. The van der Waals surface area contributed by atoms with Crippen LogP contribution in [0.1, 0.15) is 34.5 Å². The number of para-hydroxylation sites is 1. The Morgan fingerprint density at radius 1 is 1.26 bits per heavy atom. The van der Waals surface area contributed by atoms with E-state index in [-0.39, 0.29) is 12.5 Å². The van der Waals surface area contributed by atoms with Gasteiger partial charge in [0.1, 0.15) is 6.54 Å². The number of fused-ring (bicyclic) bond motifs is 1. The van der Waals surface area contributed by atoms with Gasteiger partial charge in [0.15, 0.2) is 0 Å². The number of benzene rings is 1. The van der Waals surface area contributed by atoms with Gasteiger partial charge in [0.2, 0.25) is 5.91 Å². The van der Waals surface area contributed by atoms with Crippen LogP contribution in [0.3, 0.4) is 0 Å². The molecule has 2 aromatic rings. The topological polar surface area (TPSA) is 73.2 Å². The van der Waals surface area contributed by atoms with Gasteiger partial charge in [-0.1, -0.05) is 12.1 Å². The molecule has 1 heterocycles. The molecule has 120 valence electrons. The number of amides is 1. The summed E-state index contributed by atoms with van der Waals surface area (Å²) >= 11 is 0. The number of ether oxygens (including phenoxy) is 1. The van der Waals surface area contributed by atoms with Crippen LogP contribution in [0.5, 0.6) is 0 Å². The number of aromatic nitrogens is 2. The number of carbonyl (C=O) groups excluding carboxylic acids is 2. The number of hydrogen-bond acceptors (Lipinski definition) is 4. The van der Waals surface area contributed by atoms with Crippen molar-refractivity contribution in [1.82, 2.24) is 9.78 Å². The molecule has 0 aliphatic heterocycles. The molecule has 0 saturated heterocycles. The van der Waals surface area contributed by atoms with Crippen molar-refractivity contribution in [2.75, 3.05) is 12.4 Å². The first kappa shape index (κ1) is 15.3. The Kier molecular flexibility index (Phi) is 4.41. The zero-order chi connectivity index (χ0) is 16.2. The lowest BCUT2D eigenvalue weighted by atomic mass is 9.99. The normalized spacial score (nSPS) is 13.3. The third-order valence-electron chi connectivity index (χ3n) is 3.95. The minimum Gasteiger partial charge on any atom is -0.465 e. The van der Waals surface area contributed by atoms with Crippen LogP contribution in [-0.4, -0.2) is 28.8 Å². The van der Waals surface area contributed by atoms with Crippen molar-refractivity contribution in [3.8, 4) is 0 Å². The number of rotatable bonds is 4. The van der Waals surface area contributed by atoms with Crippen LogP contribution >= 0.6 is 0 Å².